The first-order chi connectivity index (χ1) is 7.56. The van der Waals surface area contributed by atoms with E-state index in [1.165, 1.54) is 28.5 Å². The van der Waals surface area contributed by atoms with E-state index in [4.69, 9.17) is 0 Å². The molecule has 0 bridgehead atoms. The minimum absolute atomic E-state index is 0.102. The third kappa shape index (κ3) is 1.55. The van der Waals surface area contributed by atoms with Gasteiger partial charge < -0.3 is 4.57 Å². The molecule has 0 saturated carbocycles. The lowest BCUT2D eigenvalue weighted by atomic mass is 10.2. The van der Waals surface area contributed by atoms with E-state index in [2.05, 4.69) is 25.5 Å². The van der Waals surface area contributed by atoms with Gasteiger partial charge in [-0.1, -0.05) is 0 Å². The number of thioether (sulfide) groups is 1. The number of aryl methyl sites for hydroxylation is 2. The molecule has 1 aromatic heterocycles. The van der Waals surface area contributed by atoms with Crippen molar-refractivity contribution in [3.05, 3.63) is 39.8 Å². The summed E-state index contributed by atoms with van der Waals surface area (Å²) in [5.41, 5.74) is 2.51. The largest absolute Gasteiger partial charge is 0.351 e. The second-order valence-corrected chi connectivity index (χ2v) is 4.82. The standard InChI is InChI=1S/C13H15NOS/c1-8-10-5-6-12(15)13(16-4)7-11(10)9(2)14(8)3/h5-7H,1-4H3. The Hall–Kier alpha value is -1.22. The summed E-state index contributed by atoms with van der Waals surface area (Å²) in [6.07, 6.45) is 1.94. The van der Waals surface area contributed by atoms with Gasteiger partial charge in [-0.2, -0.15) is 0 Å². The van der Waals surface area contributed by atoms with Crippen LogP contribution >= 0.6 is 11.8 Å². The van der Waals surface area contributed by atoms with Gasteiger partial charge in [0.2, 0.25) is 0 Å². The fourth-order valence-corrected chi connectivity index (χ4v) is 2.50. The number of rotatable bonds is 1. The Morgan fingerprint density at radius 1 is 1.12 bits per heavy atom. The summed E-state index contributed by atoms with van der Waals surface area (Å²) in [4.78, 5) is 12.5. The molecule has 2 rings (SSSR count). The summed E-state index contributed by atoms with van der Waals surface area (Å²) >= 11 is 1.51. The summed E-state index contributed by atoms with van der Waals surface area (Å²) in [6.45, 7) is 4.17. The van der Waals surface area contributed by atoms with Gasteiger partial charge in [-0.3, -0.25) is 4.79 Å². The van der Waals surface area contributed by atoms with E-state index in [-0.39, 0.29) is 5.43 Å². The van der Waals surface area contributed by atoms with Crippen molar-refractivity contribution in [2.75, 3.05) is 6.26 Å². The number of aromatic nitrogens is 1. The van der Waals surface area contributed by atoms with Gasteiger partial charge in [0.25, 0.3) is 0 Å². The molecule has 3 heteroatoms. The Morgan fingerprint density at radius 3 is 2.38 bits per heavy atom. The molecule has 2 aromatic rings. The van der Waals surface area contributed by atoms with Gasteiger partial charge in [-0.05, 0) is 38.3 Å². The zero-order chi connectivity index (χ0) is 11.9. The minimum atomic E-state index is 0.102. The van der Waals surface area contributed by atoms with Crippen LogP contribution in [-0.2, 0) is 7.05 Å². The average molecular weight is 233 g/mol. The Bertz CT molecular complexity index is 613. The molecule has 16 heavy (non-hydrogen) atoms. The first-order valence-corrected chi connectivity index (χ1v) is 6.42. The predicted molar refractivity (Wildman–Crippen MR) is 70.4 cm³/mol. The van der Waals surface area contributed by atoms with Gasteiger partial charge in [0.15, 0.2) is 5.43 Å². The summed E-state index contributed by atoms with van der Waals surface area (Å²) in [5.74, 6) is 0. The first kappa shape index (κ1) is 11.3. The molecule has 0 aliphatic rings. The van der Waals surface area contributed by atoms with Gasteiger partial charge in [-0.15, -0.1) is 11.8 Å². The van der Waals surface area contributed by atoms with E-state index >= 15 is 0 Å². The van der Waals surface area contributed by atoms with E-state index in [0.29, 0.717) is 0 Å². The van der Waals surface area contributed by atoms with E-state index < -0.39 is 0 Å². The lowest BCUT2D eigenvalue weighted by Crippen LogP contribution is -1.97. The van der Waals surface area contributed by atoms with Crippen molar-refractivity contribution in [1.29, 1.82) is 0 Å². The molecule has 0 radical (unpaired) electrons. The van der Waals surface area contributed by atoms with Crippen LogP contribution in [0.25, 0.3) is 10.8 Å². The molecule has 0 aliphatic heterocycles. The Balaban J connectivity index is 2.99. The van der Waals surface area contributed by atoms with Gasteiger partial charge in [0.05, 0.1) is 4.90 Å². The molecule has 0 fully saturated rings. The van der Waals surface area contributed by atoms with Gasteiger partial charge in [0.1, 0.15) is 0 Å². The van der Waals surface area contributed by atoms with Crippen molar-refractivity contribution in [1.82, 2.24) is 4.57 Å². The van der Waals surface area contributed by atoms with Crippen LogP contribution in [0.2, 0.25) is 0 Å². The summed E-state index contributed by atoms with van der Waals surface area (Å²) in [7, 11) is 2.06. The molecule has 2 nitrogen and oxygen atoms in total. The van der Waals surface area contributed by atoms with Crippen LogP contribution in [0, 0.1) is 13.8 Å². The fraction of sp³-hybridized carbons (Fsp3) is 0.308. The molecule has 1 heterocycles. The van der Waals surface area contributed by atoms with E-state index in [1.807, 2.05) is 18.4 Å². The minimum Gasteiger partial charge on any atom is -0.351 e. The molecule has 0 amide bonds. The maximum Gasteiger partial charge on any atom is 0.192 e. The first-order valence-electron chi connectivity index (χ1n) is 5.20. The molecule has 1 aromatic carbocycles. The summed E-state index contributed by atoms with van der Waals surface area (Å²) in [5, 5.41) is 2.34. The third-order valence-corrected chi connectivity index (χ3v) is 3.97. The van der Waals surface area contributed by atoms with Crippen molar-refractivity contribution in [3.63, 3.8) is 0 Å². The third-order valence-electron chi connectivity index (χ3n) is 3.22. The molecular formula is C13H15NOS. The summed E-state index contributed by atoms with van der Waals surface area (Å²) in [6, 6.07) is 5.60. The summed E-state index contributed by atoms with van der Waals surface area (Å²) < 4.78 is 2.17. The van der Waals surface area contributed by atoms with E-state index in [0.717, 1.165) is 10.3 Å². The zero-order valence-electron chi connectivity index (χ0n) is 10.00. The van der Waals surface area contributed by atoms with Crippen LogP contribution in [-0.4, -0.2) is 10.8 Å². The van der Waals surface area contributed by atoms with Crippen LogP contribution in [0.4, 0.5) is 0 Å². The van der Waals surface area contributed by atoms with Crippen LogP contribution in [0.1, 0.15) is 11.4 Å². The van der Waals surface area contributed by atoms with Crippen molar-refractivity contribution in [3.8, 4) is 0 Å². The van der Waals surface area contributed by atoms with Gasteiger partial charge >= 0.3 is 0 Å². The molecule has 0 unspecified atom stereocenters. The number of fused-ring (bicyclic) bond motifs is 1. The predicted octanol–water partition coefficient (Wildman–Crippen LogP) is 2.88. The number of nitrogens with zero attached hydrogens (tertiary/aromatic N) is 1. The molecule has 84 valence electrons. The van der Waals surface area contributed by atoms with Crippen molar-refractivity contribution in [2.45, 2.75) is 18.7 Å². The highest BCUT2D eigenvalue weighted by atomic mass is 32.2. The van der Waals surface area contributed by atoms with E-state index in [1.54, 1.807) is 6.07 Å². The van der Waals surface area contributed by atoms with Crippen LogP contribution in [0.5, 0.6) is 0 Å². The topological polar surface area (TPSA) is 22.0 Å². The molecule has 0 aliphatic carbocycles. The fourth-order valence-electron chi connectivity index (χ4n) is 2.00. The SMILES string of the molecule is CSc1cc2c(C)n(C)c(C)c2ccc1=O. The highest BCUT2D eigenvalue weighted by molar-refractivity contribution is 7.98. The zero-order valence-corrected chi connectivity index (χ0v) is 10.8. The normalized spacial score (nSPS) is 11.0. The van der Waals surface area contributed by atoms with Crippen molar-refractivity contribution in [2.24, 2.45) is 7.05 Å². The maximum absolute atomic E-state index is 11.7. The highest BCUT2D eigenvalue weighted by Gasteiger charge is 2.08. The molecule has 0 atom stereocenters. The molecule has 0 spiro atoms. The number of hydrogen-bond donors (Lipinski definition) is 0. The number of hydrogen-bond acceptors (Lipinski definition) is 2. The highest BCUT2D eigenvalue weighted by Crippen LogP contribution is 2.25. The average Bonchev–Trinajstić information content (AvgIpc) is 2.45. The van der Waals surface area contributed by atoms with Crippen molar-refractivity contribution < 1.29 is 0 Å². The lowest BCUT2D eigenvalue weighted by molar-refractivity contribution is 0.851. The Morgan fingerprint density at radius 2 is 1.75 bits per heavy atom. The second-order valence-electron chi connectivity index (χ2n) is 3.97. The second kappa shape index (κ2) is 3.98. The Labute approximate surface area is 99.3 Å². The lowest BCUT2D eigenvalue weighted by Gasteiger charge is -1.98. The maximum atomic E-state index is 11.7. The van der Waals surface area contributed by atoms with Crippen molar-refractivity contribution >= 4 is 22.5 Å². The Kier molecular flexibility index (Phi) is 2.80. The van der Waals surface area contributed by atoms with E-state index in [9.17, 15) is 4.79 Å². The van der Waals surface area contributed by atoms with Gasteiger partial charge in [-0.25, -0.2) is 0 Å². The molecular weight excluding hydrogens is 218 g/mol. The van der Waals surface area contributed by atoms with Crippen LogP contribution < -0.4 is 5.43 Å². The molecule has 0 N–H and O–H groups in total. The van der Waals surface area contributed by atoms with Crippen LogP contribution in [0.3, 0.4) is 0 Å². The van der Waals surface area contributed by atoms with Crippen LogP contribution in [0.15, 0.2) is 27.9 Å². The quantitative estimate of drug-likeness (QED) is 0.707. The van der Waals surface area contributed by atoms with Gasteiger partial charge in [0, 0.05) is 29.2 Å². The monoisotopic (exact) mass is 233 g/mol. The molecule has 0 saturated heterocycles. The smallest absolute Gasteiger partial charge is 0.192 e.